The maximum atomic E-state index is 12.5. The zero-order valence-corrected chi connectivity index (χ0v) is 16.0. The fourth-order valence-electron chi connectivity index (χ4n) is 2.49. The molecule has 0 saturated heterocycles. The molecule has 0 spiro atoms. The lowest BCUT2D eigenvalue weighted by Crippen LogP contribution is -2.23. The Morgan fingerprint density at radius 2 is 2.00 bits per heavy atom. The number of aryl methyl sites for hydroxylation is 1. The first-order valence-electron chi connectivity index (χ1n) is 8.32. The minimum Gasteiger partial charge on any atom is -0.482 e. The number of rotatable bonds is 8. The van der Waals surface area contributed by atoms with E-state index in [4.69, 9.17) is 9.84 Å². The first-order valence-corrected chi connectivity index (χ1v) is 9.31. The molecule has 1 aromatic heterocycles. The Labute approximate surface area is 168 Å². The van der Waals surface area contributed by atoms with Crippen LogP contribution in [0.5, 0.6) is 5.75 Å². The molecule has 0 atom stereocenters. The molecule has 0 saturated carbocycles. The topological polar surface area (TPSA) is 129 Å². The van der Waals surface area contributed by atoms with Gasteiger partial charge in [-0.15, -0.1) is 11.8 Å². The van der Waals surface area contributed by atoms with E-state index in [-0.39, 0.29) is 17.3 Å². The number of nitro groups is 1. The molecule has 0 aliphatic heterocycles. The van der Waals surface area contributed by atoms with E-state index in [1.165, 1.54) is 51.6 Å². The van der Waals surface area contributed by atoms with E-state index in [0.29, 0.717) is 11.4 Å². The van der Waals surface area contributed by atoms with Crippen molar-refractivity contribution in [1.29, 1.82) is 0 Å². The van der Waals surface area contributed by atoms with Crippen LogP contribution in [0.1, 0.15) is 5.56 Å². The maximum Gasteiger partial charge on any atom is 0.351 e. The second-order valence-electron chi connectivity index (χ2n) is 5.94. The van der Waals surface area contributed by atoms with Gasteiger partial charge >= 0.3 is 11.7 Å². The molecule has 0 amide bonds. The van der Waals surface area contributed by atoms with Crippen LogP contribution in [0, 0.1) is 17.0 Å². The van der Waals surface area contributed by atoms with Gasteiger partial charge in [-0.25, -0.2) is 18.8 Å². The van der Waals surface area contributed by atoms with Crippen LogP contribution in [0.2, 0.25) is 0 Å². The number of nitrogens with zero attached hydrogens (tertiary/aromatic N) is 4. The van der Waals surface area contributed by atoms with Gasteiger partial charge in [0.15, 0.2) is 6.61 Å². The number of hydrogen-bond acceptors (Lipinski definition) is 7. The van der Waals surface area contributed by atoms with Crippen LogP contribution in [-0.4, -0.2) is 37.0 Å². The molecule has 0 unspecified atom stereocenters. The van der Waals surface area contributed by atoms with Crippen molar-refractivity contribution in [3.8, 4) is 11.4 Å². The van der Waals surface area contributed by atoms with Crippen LogP contribution in [0.15, 0.2) is 58.5 Å². The Balaban J connectivity index is 1.69. The molecule has 150 valence electrons. The van der Waals surface area contributed by atoms with Gasteiger partial charge in [-0.05, 0) is 42.8 Å². The Hall–Kier alpha value is -3.60. The van der Waals surface area contributed by atoms with Gasteiger partial charge < -0.3 is 9.84 Å². The van der Waals surface area contributed by atoms with Crippen LogP contribution in [0.3, 0.4) is 0 Å². The first-order chi connectivity index (χ1) is 13.8. The summed E-state index contributed by atoms with van der Waals surface area (Å²) in [6, 6.07) is 10.9. The second kappa shape index (κ2) is 8.61. The van der Waals surface area contributed by atoms with E-state index in [2.05, 4.69) is 5.10 Å². The first kappa shape index (κ1) is 20.1. The summed E-state index contributed by atoms with van der Waals surface area (Å²) in [5.74, 6) is -0.310. The molecule has 29 heavy (non-hydrogen) atoms. The summed E-state index contributed by atoms with van der Waals surface area (Å²) in [5.41, 5.74) is 0.827. The summed E-state index contributed by atoms with van der Waals surface area (Å²) >= 11 is 1.38. The lowest BCUT2D eigenvalue weighted by molar-refractivity contribution is -0.384. The molecule has 3 aromatic rings. The van der Waals surface area contributed by atoms with Gasteiger partial charge in [-0.1, -0.05) is 0 Å². The van der Waals surface area contributed by atoms with Gasteiger partial charge in [0.25, 0.3) is 5.69 Å². The zero-order chi connectivity index (χ0) is 21.0. The largest absolute Gasteiger partial charge is 0.482 e. The predicted molar refractivity (Wildman–Crippen MR) is 105 cm³/mol. The molecule has 1 N–H and O–H groups in total. The lowest BCUT2D eigenvalue weighted by atomic mass is 10.2. The predicted octanol–water partition coefficient (Wildman–Crippen LogP) is 2.46. The SMILES string of the molecule is Cc1cc(SCn2ncn(-c3ccc([N+](=O)[O-])cc3)c2=O)ccc1OCC(=O)O. The summed E-state index contributed by atoms with van der Waals surface area (Å²) in [4.78, 5) is 34.2. The Bertz CT molecular complexity index is 1110. The summed E-state index contributed by atoms with van der Waals surface area (Å²) in [6.45, 7) is 1.39. The van der Waals surface area contributed by atoms with Crippen LogP contribution in [0.4, 0.5) is 5.69 Å². The highest BCUT2D eigenvalue weighted by Gasteiger charge is 2.10. The number of carbonyl (C=O) groups is 1. The normalized spacial score (nSPS) is 10.7. The second-order valence-corrected chi connectivity index (χ2v) is 6.96. The van der Waals surface area contributed by atoms with Crippen LogP contribution in [-0.2, 0) is 10.7 Å². The summed E-state index contributed by atoms with van der Waals surface area (Å²) in [7, 11) is 0. The number of aliphatic carboxylic acids is 1. The Morgan fingerprint density at radius 1 is 1.28 bits per heavy atom. The van der Waals surface area contributed by atoms with E-state index in [9.17, 15) is 19.7 Å². The molecule has 10 nitrogen and oxygen atoms in total. The summed E-state index contributed by atoms with van der Waals surface area (Å²) < 4.78 is 7.77. The molecular weight excluding hydrogens is 400 g/mol. The van der Waals surface area contributed by atoms with E-state index >= 15 is 0 Å². The van der Waals surface area contributed by atoms with Crippen molar-refractivity contribution < 1.29 is 19.6 Å². The molecule has 3 rings (SSSR count). The van der Waals surface area contributed by atoms with Crippen molar-refractivity contribution in [3.05, 3.63) is 75.0 Å². The third kappa shape index (κ3) is 4.82. The van der Waals surface area contributed by atoms with Gasteiger partial charge in [-0.2, -0.15) is 5.10 Å². The summed E-state index contributed by atoms with van der Waals surface area (Å²) in [5, 5.41) is 23.5. The van der Waals surface area contributed by atoms with Crippen LogP contribution >= 0.6 is 11.8 Å². The van der Waals surface area contributed by atoms with Crippen molar-refractivity contribution in [2.45, 2.75) is 17.7 Å². The van der Waals surface area contributed by atoms with Crippen molar-refractivity contribution in [3.63, 3.8) is 0 Å². The van der Waals surface area contributed by atoms with Crippen LogP contribution in [0.25, 0.3) is 5.69 Å². The molecule has 0 aliphatic carbocycles. The number of hydrogen-bond donors (Lipinski definition) is 1. The van der Waals surface area contributed by atoms with Gasteiger partial charge in [0.2, 0.25) is 0 Å². The van der Waals surface area contributed by atoms with Crippen LogP contribution < -0.4 is 10.4 Å². The average molecular weight is 416 g/mol. The number of carboxylic acid groups (broad SMARTS) is 1. The molecule has 0 aliphatic rings. The number of benzene rings is 2. The average Bonchev–Trinajstić information content (AvgIpc) is 3.06. The minimum absolute atomic E-state index is 0.0594. The van der Waals surface area contributed by atoms with Crippen molar-refractivity contribution in [1.82, 2.24) is 14.3 Å². The van der Waals surface area contributed by atoms with Crippen molar-refractivity contribution in [2.24, 2.45) is 0 Å². The molecule has 2 aromatic carbocycles. The van der Waals surface area contributed by atoms with Crippen molar-refractivity contribution in [2.75, 3.05) is 6.61 Å². The molecule has 1 heterocycles. The minimum atomic E-state index is -1.05. The van der Waals surface area contributed by atoms with E-state index in [1.807, 2.05) is 6.07 Å². The van der Waals surface area contributed by atoms with E-state index in [0.717, 1.165) is 10.5 Å². The highest BCUT2D eigenvalue weighted by molar-refractivity contribution is 7.98. The number of carboxylic acids is 1. The Kier molecular flexibility index (Phi) is 5.98. The lowest BCUT2D eigenvalue weighted by Gasteiger charge is -2.08. The van der Waals surface area contributed by atoms with Gasteiger partial charge in [0.1, 0.15) is 12.1 Å². The van der Waals surface area contributed by atoms with Gasteiger partial charge in [0, 0.05) is 17.0 Å². The number of nitro benzene ring substituents is 1. The highest BCUT2D eigenvalue weighted by Crippen LogP contribution is 2.26. The number of thioether (sulfide) groups is 1. The highest BCUT2D eigenvalue weighted by atomic mass is 32.2. The van der Waals surface area contributed by atoms with E-state index in [1.54, 1.807) is 19.1 Å². The maximum absolute atomic E-state index is 12.5. The number of non-ortho nitro benzene ring substituents is 1. The molecule has 0 bridgehead atoms. The fourth-order valence-corrected chi connectivity index (χ4v) is 3.36. The third-order valence-electron chi connectivity index (χ3n) is 3.92. The van der Waals surface area contributed by atoms with E-state index < -0.39 is 17.5 Å². The molecule has 11 heteroatoms. The number of ether oxygens (including phenoxy) is 1. The molecular formula is C18H16N4O6S. The molecule has 0 radical (unpaired) electrons. The smallest absolute Gasteiger partial charge is 0.351 e. The molecule has 0 fully saturated rings. The third-order valence-corrected chi connectivity index (χ3v) is 4.88. The monoisotopic (exact) mass is 416 g/mol. The van der Waals surface area contributed by atoms with Gasteiger partial charge in [0.05, 0.1) is 16.5 Å². The fraction of sp³-hybridized carbons (Fsp3) is 0.167. The quantitative estimate of drug-likeness (QED) is 0.337. The van der Waals surface area contributed by atoms with Gasteiger partial charge in [-0.3, -0.25) is 10.1 Å². The zero-order valence-electron chi connectivity index (χ0n) is 15.2. The Morgan fingerprint density at radius 3 is 2.62 bits per heavy atom. The van der Waals surface area contributed by atoms with Crippen molar-refractivity contribution >= 4 is 23.4 Å². The summed E-state index contributed by atoms with van der Waals surface area (Å²) in [6.07, 6.45) is 1.36. The number of aromatic nitrogens is 3. The standard InChI is InChI=1S/C18H16N4O6S/c1-12-8-15(6-7-16(12)28-9-17(23)24)29-11-21-18(25)20(10-19-21)13-2-4-14(5-3-13)22(26)27/h2-8,10H,9,11H2,1H3,(H,23,24).